The first kappa shape index (κ1) is 15.8. The lowest BCUT2D eigenvalue weighted by atomic mass is 10.2. The first-order valence-electron chi connectivity index (χ1n) is 6.08. The van der Waals surface area contributed by atoms with Crippen molar-refractivity contribution in [3.63, 3.8) is 0 Å². The molecule has 1 aromatic heterocycles. The largest absolute Gasteiger partial charge is 0.383 e. The topological polar surface area (TPSA) is 112 Å². The molecule has 0 aliphatic heterocycles. The summed E-state index contributed by atoms with van der Waals surface area (Å²) in [6.07, 6.45) is 1.03. The fourth-order valence-electron chi connectivity index (χ4n) is 1.67. The molecule has 1 aromatic rings. The molecule has 0 saturated carbocycles. The third kappa shape index (κ3) is 3.64. The maximum atomic E-state index is 12.4. The Hall–Kier alpha value is -2.22. The van der Waals surface area contributed by atoms with E-state index in [1.54, 1.807) is 0 Å². The maximum absolute atomic E-state index is 12.4. The molecule has 8 heteroatoms. The highest BCUT2D eigenvalue weighted by Gasteiger charge is 2.23. The van der Waals surface area contributed by atoms with Gasteiger partial charge in [0.2, 0.25) is 0 Å². The van der Waals surface area contributed by atoms with Crippen LogP contribution in [0.4, 0.5) is 11.5 Å². The van der Waals surface area contributed by atoms with Gasteiger partial charge in [-0.1, -0.05) is 0 Å². The van der Waals surface area contributed by atoms with Gasteiger partial charge < -0.3 is 15.4 Å². The molecule has 0 aromatic carbocycles. The van der Waals surface area contributed by atoms with Gasteiger partial charge >= 0.3 is 0 Å². The Morgan fingerprint density at radius 3 is 2.75 bits per heavy atom. The summed E-state index contributed by atoms with van der Waals surface area (Å²) in [6, 6.07) is 1.06. The van der Waals surface area contributed by atoms with E-state index in [0.717, 1.165) is 12.3 Å². The first-order chi connectivity index (χ1) is 9.38. The summed E-state index contributed by atoms with van der Waals surface area (Å²) in [7, 11) is 1.53. The third-order valence-electron chi connectivity index (χ3n) is 2.77. The monoisotopic (exact) mass is 282 g/mol. The summed E-state index contributed by atoms with van der Waals surface area (Å²) in [5.74, 6) is -0.422. The molecule has 8 nitrogen and oxygen atoms in total. The van der Waals surface area contributed by atoms with Crippen LogP contribution in [-0.4, -0.2) is 47.0 Å². The Morgan fingerprint density at radius 1 is 1.60 bits per heavy atom. The van der Waals surface area contributed by atoms with E-state index >= 15 is 0 Å². The number of methoxy groups -OCH3 is 1. The van der Waals surface area contributed by atoms with E-state index in [1.807, 2.05) is 13.8 Å². The molecule has 0 radical (unpaired) electrons. The SMILES string of the molecule is COCCN(C(=O)c1cc([N+](=O)[O-])cnc1N)C(C)C. The molecule has 0 aliphatic rings. The van der Waals surface area contributed by atoms with Crippen LogP contribution in [0, 0.1) is 10.1 Å². The molecular formula is C12H18N4O4. The predicted octanol–water partition coefficient (Wildman–Crippen LogP) is 1.07. The van der Waals surface area contributed by atoms with Crippen molar-refractivity contribution in [3.05, 3.63) is 27.9 Å². The molecule has 0 atom stereocenters. The summed E-state index contributed by atoms with van der Waals surface area (Å²) in [6.45, 7) is 4.42. The maximum Gasteiger partial charge on any atom is 0.288 e. The predicted molar refractivity (Wildman–Crippen MR) is 73.4 cm³/mol. The normalized spacial score (nSPS) is 10.6. The number of nitrogen functional groups attached to an aromatic ring is 1. The molecule has 110 valence electrons. The smallest absolute Gasteiger partial charge is 0.288 e. The minimum absolute atomic E-state index is 0.0244. The number of nitrogens with two attached hydrogens (primary N) is 1. The van der Waals surface area contributed by atoms with Crippen molar-refractivity contribution in [1.29, 1.82) is 0 Å². The number of anilines is 1. The molecule has 0 unspecified atom stereocenters. The molecule has 20 heavy (non-hydrogen) atoms. The Bertz CT molecular complexity index is 504. The number of aromatic nitrogens is 1. The van der Waals surface area contributed by atoms with Gasteiger partial charge in [-0.15, -0.1) is 0 Å². The summed E-state index contributed by atoms with van der Waals surface area (Å²) in [4.78, 5) is 27.8. The number of amides is 1. The van der Waals surface area contributed by atoms with E-state index in [4.69, 9.17) is 10.5 Å². The summed E-state index contributed by atoms with van der Waals surface area (Å²) in [5.41, 5.74) is 5.41. The van der Waals surface area contributed by atoms with Crippen molar-refractivity contribution < 1.29 is 14.5 Å². The van der Waals surface area contributed by atoms with E-state index in [-0.39, 0.29) is 23.1 Å². The summed E-state index contributed by atoms with van der Waals surface area (Å²) >= 11 is 0. The van der Waals surface area contributed by atoms with Crippen molar-refractivity contribution >= 4 is 17.4 Å². The number of rotatable bonds is 6. The zero-order valence-corrected chi connectivity index (χ0v) is 11.7. The Labute approximate surface area is 116 Å². The van der Waals surface area contributed by atoms with Crippen LogP contribution in [0.2, 0.25) is 0 Å². The molecule has 0 saturated heterocycles. The Kier molecular flexibility index (Phi) is 5.39. The van der Waals surface area contributed by atoms with E-state index in [9.17, 15) is 14.9 Å². The van der Waals surface area contributed by atoms with E-state index < -0.39 is 10.8 Å². The number of pyridine rings is 1. The fourth-order valence-corrected chi connectivity index (χ4v) is 1.67. The van der Waals surface area contributed by atoms with Crippen LogP contribution in [0.25, 0.3) is 0 Å². The van der Waals surface area contributed by atoms with E-state index in [2.05, 4.69) is 4.98 Å². The molecule has 0 aliphatic carbocycles. The number of carbonyl (C=O) groups excluding carboxylic acids is 1. The minimum atomic E-state index is -0.613. The van der Waals surface area contributed by atoms with Gasteiger partial charge in [0.15, 0.2) is 0 Å². The Balaban J connectivity index is 3.10. The highest BCUT2D eigenvalue weighted by atomic mass is 16.6. The average molecular weight is 282 g/mol. The van der Waals surface area contributed by atoms with E-state index in [1.165, 1.54) is 12.0 Å². The fraction of sp³-hybridized carbons (Fsp3) is 0.500. The molecule has 0 bridgehead atoms. The summed E-state index contributed by atoms with van der Waals surface area (Å²) in [5, 5.41) is 10.7. The van der Waals surface area contributed by atoms with Crippen molar-refractivity contribution in [1.82, 2.24) is 9.88 Å². The highest BCUT2D eigenvalue weighted by Crippen LogP contribution is 2.19. The van der Waals surface area contributed by atoms with Gasteiger partial charge in [-0.2, -0.15) is 0 Å². The number of carbonyl (C=O) groups is 1. The van der Waals surface area contributed by atoms with Gasteiger partial charge in [-0.05, 0) is 13.8 Å². The standard InChI is InChI=1S/C12H18N4O4/c1-8(2)15(4-5-20-3)12(17)10-6-9(16(18)19)7-14-11(10)13/h6-8H,4-5H2,1-3H3,(H2,13,14). The zero-order chi connectivity index (χ0) is 15.3. The van der Waals surface area contributed by atoms with Crippen LogP contribution in [0.15, 0.2) is 12.3 Å². The molecular weight excluding hydrogens is 264 g/mol. The third-order valence-corrected chi connectivity index (χ3v) is 2.77. The van der Waals surface area contributed by atoms with Gasteiger partial charge in [-0.25, -0.2) is 4.98 Å². The molecule has 1 heterocycles. The second kappa shape index (κ2) is 6.80. The van der Waals surface area contributed by atoms with Crippen molar-refractivity contribution in [2.75, 3.05) is 26.0 Å². The lowest BCUT2D eigenvalue weighted by Crippen LogP contribution is -2.39. The van der Waals surface area contributed by atoms with E-state index in [0.29, 0.717) is 13.2 Å². The number of nitrogens with zero attached hydrogens (tertiary/aromatic N) is 3. The van der Waals surface area contributed by atoms with Crippen LogP contribution in [0.1, 0.15) is 24.2 Å². The summed E-state index contributed by atoms with van der Waals surface area (Å²) < 4.78 is 4.95. The number of nitro groups is 1. The van der Waals surface area contributed by atoms with Gasteiger partial charge in [-0.3, -0.25) is 14.9 Å². The quantitative estimate of drug-likeness (QED) is 0.617. The highest BCUT2D eigenvalue weighted by molar-refractivity contribution is 5.99. The minimum Gasteiger partial charge on any atom is -0.383 e. The van der Waals surface area contributed by atoms with Gasteiger partial charge in [0.1, 0.15) is 12.0 Å². The number of ether oxygens (including phenoxy) is 1. The van der Waals surface area contributed by atoms with Crippen LogP contribution >= 0.6 is 0 Å². The average Bonchev–Trinajstić information content (AvgIpc) is 2.38. The molecule has 1 rings (SSSR count). The van der Waals surface area contributed by atoms with Gasteiger partial charge in [0, 0.05) is 25.8 Å². The van der Waals surface area contributed by atoms with Crippen molar-refractivity contribution in [2.45, 2.75) is 19.9 Å². The van der Waals surface area contributed by atoms with Gasteiger partial charge in [0.25, 0.3) is 11.6 Å². The molecule has 1 amide bonds. The van der Waals surface area contributed by atoms with Crippen LogP contribution in [0.5, 0.6) is 0 Å². The van der Waals surface area contributed by atoms with Crippen LogP contribution in [-0.2, 0) is 4.74 Å². The molecule has 0 spiro atoms. The number of hydrogen-bond acceptors (Lipinski definition) is 6. The van der Waals surface area contributed by atoms with Crippen LogP contribution < -0.4 is 5.73 Å². The lowest BCUT2D eigenvalue weighted by molar-refractivity contribution is -0.385. The molecule has 0 fully saturated rings. The van der Waals surface area contributed by atoms with Gasteiger partial charge in [0.05, 0.1) is 17.1 Å². The second-order valence-electron chi connectivity index (χ2n) is 4.47. The zero-order valence-electron chi connectivity index (χ0n) is 11.7. The van der Waals surface area contributed by atoms with Crippen molar-refractivity contribution in [2.24, 2.45) is 0 Å². The molecule has 2 N–H and O–H groups in total. The number of hydrogen-bond donors (Lipinski definition) is 1. The second-order valence-corrected chi connectivity index (χ2v) is 4.47. The van der Waals surface area contributed by atoms with Crippen LogP contribution in [0.3, 0.4) is 0 Å². The Morgan fingerprint density at radius 2 is 2.25 bits per heavy atom. The van der Waals surface area contributed by atoms with Crippen molar-refractivity contribution in [3.8, 4) is 0 Å². The first-order valence-corrected chi connectivity index (χ1v) is 6.08. The lowest BCUT2D eigenvalue weighted by Gasteiger charge is -2.26.